The minimum atomic E-state index is -0.0490. The van der Waals surface area contributed by atoms with E-state index in [1.165, 1.54) is 0 Å². The third-order valence-electron chi connectivity index (χ3n) is 2.76. The number of nitrogens with zero attached hydrogens (tertiary/aromatic N) is 2. The lowest BCUT2D eigenvalue weighted by molar-refractivity contribution is 0.0924. The molecule has 5 heteroatoms. The minimum absolute atomic E-state index is 0.0490. The summed E-state index contributed by atoms with van der Waals surface area (Å²) in [6.45, 7) is 1.38. The van der Waals surface area contributed by atoms with Gasteiger partial charge >= 0.3 is 0 Å². The van der Waals surface area contributed by atoms with Gasteiger partial charge in [0.05, 0.1) is 12.2 Å². The van der Waals surface area contributed by atoms with Crippen LogP contribution in [-0.4, -0.2) is 22.2 Å². The normalized spacial score (nSPS) is 14.3. The van der Waals surface area contributed by atoms with Crippen LogP contribution >= 0.6 is 15.9 Å². The van der Waals surface area contributed by atoms with Crippen LogP contribution in [0.2, 0.25) is 0 Å². The lowest BCUT2D eigenvalue weighted by Gasteiger charge is -2.13. The molecule has 2 aromatic rings. The Morgan fingerprint density at radius 2 is 2.06 bits per heavy atom. The summed E-state index contributed by atoms with van der Waals surface area (Å²) >= 11 is 3.39. The van der Waals surface area contributed by atoms with Crippen LogP contribution in [0.5, 0.6) is 0 Å². The van der Waals surface area contributed by atoms with E-state index in [2.05, 4.69) is 26.3 Å². The first-order chi connectivity index (χ1) is 8.24. The van der Waals surface area contributed by atoms with E-state index in [1.54, 1.807) is 4.68 Å². The van der Waals surface area contributed by atoms with Crippen molar-refractivity contribution < 1.29 is 4.79 Å². The van der Waals surface area contributed by atoms with Gasteiger partial charge in [-0.15, -0.1) is 0 Å². The molecule has 0 fully saturated rings. The molecule has 0 bridgehead atoms. The van der Waals surface area contributed by atoms with Crippen LogP contribution in [0.4, 0.5) is 0 Å². The number of halogens is 1. The van der Waals surface area contributed by atoms with Crippen molar-refractivity contribution in [3.8, 4) is 11.3 Å². The summed E-state index contributed by atoms with van der Waals surface area (Å²) in [5.41, 5.74) is 2.49. The fourth-order valence-corrected chi connectivity index (χ4v) is 2.16. The summed E-state index contributed by atoms with van der Waals surface area (Å²) < 4.78 is 2.79. The highest BCUT2D eigenvalue weighted by Gasteiger charge is 2.19. The highest BCUT2D eigenvalue weighted by Crippen LogP contribution is 2.22. The molecule has 0 atom stereocenters. The molecule has 86 valence electrons. The van der Waals surface area contributed by atoms with Gasteiger partial charge in [0, 0.05) is 16.6 Å². The first kappa shape index (κ1) is 10.5. The van der Waals surface area contributed by atoms with Gasteiger partial charge in [-0.2, -0.15) is 5.10 Å². The zero-order chi connectivity index (χ0) is 11.8. The molecular weight excluding hydrogens is 282 g/mol. The number of hydrogen-bond donors (Lipinski definition) is 1. The number of benzene rings is 1. The summed E-state index contributed by atoms with van der Waals surface area (Å²) in [6.07, 6.45) is 0. The molecule has 2 heterocycles. The lowest BCUT2D eigenvalue weighted by atomic mass is 10.1. The van der Waals surface area contributed by atoms with Gasteiger partial charge in [0.2, 0.25) is 0 Å². The third kappa shape index (κ3) is 1.86. The zero-order valence-corrected chi connectivity index (χ0v) is 10.6. The fourth-order valence-electron chi connectivity index (χ4n) is 1.90. The highest BCUT2D eigenvalue weighted by molar-refractivity contribution is 9.10. The zero-order valence-electron chi connectivity index (χ0n) is 8.98. The molecule has 3 rings (SSSR count). The molecule has 0 unspecified atom stereocenters. The Labute approximate surface area is 107 Å². The number of nitrogens with one attached hydrogen (secondary N) is 1. The second-order valence-corrected chi connectivity index (χ2v) is 4.82. The Hall–Kier alpha value is -1.62. The number of fused-ring (bicyclic) bond motifs is 1. The Morgan fingerprint density at radius 3 is 2.76 bits per heavy atom. The summed E-state index contributed by atoms with van der Waals surface area (Å²) in [5, 5.41) is 7.25. The maximum Gasteiger partial charge on any atom is 0.269 e. The minimum Gasteiger partial charge on any atom is -0.349 e. The van der Waals surface area contributed by atoms with Crippen LogP contribution in [0.15, 0.2) is 34.8 Å². The molecule has 1 N–H and O–H groups in total. The molecule has 1 amide bonds. The molecule has 0 saturated heterocycles. The Bertz CT molecular complexity index is 574. The number of carbonyl (C=O) groups is 1. The summed E-state index contributed by atoms with van der Waals surface area (Å²) in [4.78, 5) is 11.6. The van der Waals surface area contributed by atoms with E-state index >= 15 is 0 Å². The predicted molar refractivity (Wildman–Crippen MR) is 67.7 cm³/mol. The van der Waals surface area contributed by atoms with Crippen molar-refractivity contribution in [2.24, 2.45) is 0 Å². The lowest BCUT2D eigenvalue weighted by Crippen LogP contribution is -2.35. The van der Waals surface area contributed by atoms with Gasteiger partial charge in [0.1, 0.15) is 5.69 Å². The number of hydrogen-bond acceptors (Lipinski definition) is 2. The van der Waals surface area contributed by atoms with Crippen LogP contribution in [0.1, 0.15) is 10.5 Å². The van der Waals surface area contributed by atoms with Crippen LogP contribution in [-0.2, 0) is 6.54 Å². The van der Waals surface area contributed by atoms with Gasteiger partial charge in [-0.3, -0.25) is 9.48 Å². The van der Waals surface area contributed by atoms with Crippen LogP contribution in [0.3, 0.4) is 0 Å². The topological polar surface area (TPSA) is 46.9 Å². The number of amides is 1. The number of rotatable bonds is 1. The Kier molecular flexibility index (Phi) is 2.48. The van der Waals surface area contributed by atoms with Crippen molar-refractivity contribution in [1.82, 2.24) is 15.1 Å². The summed E-state index contributed by atoms with van der Waals surface area (Å²) in [7, 11) is 0. The van der Waals surface area contributed by atoms with Crippen molar-refractivity contribution in [2.75, 3.05) is 6.54 Å². The van der Waals surface area contributed by atoms with E-state index in [1.807, 2.05) is 30.3 Å². The quantitative estimate of drug-likeness (QED) is 0.874. The molecule has 1 aliphatic rings. The number of aromatic nitrogens is 2. The van der Waals surface area contributed by atoms with Gasteiger partial charge in [-0.25, -0.2) is 0 Å². The standard InChI is InChI=1S/C12H10BrN3O/c13-9-3-1-8(2-4-9)10-7-11-12(17)14-5-6-16(11)15-10/h1-4,7H,5-6H2,(H,14,17). The van der Waals surface area contributed by atoms with E-state index in [0.717, 1.165) is 22.3 Å². The van der Waals surface area contributed by atoms with Crippen molar-refractivity contribution in [1.29, 1.82) is 0 Å². The SMILES string of the molecule is O=C1NCCn2nc(-c3ccc(Br)cc3)cc21. The van der Waals surface area contributed by atoms with Gasteiger partial charge in [-0.1, -0.05) is 28.1 Å². The van der Waals surface area contributed by atoms with Gasteiger partial charge in [0.15, 0.2) is 0 Å². The van der Waals surface area contributed by atoms with Crippen LogP contribution in [0, 0.1) is 0 Å². The van der Waals surface area contributed by atoms with Gasteiger partial charge < -0.3 is 5.32 Å². The van der Waals surface area contributed by atoms with Crippen LogP contribution in [0.25, 0.3) is 11.3 Å². The Balaban J connectivity index is 2.05. The van der Waals surface area contributed by atoms with Gasteiger partial charge in [0.25, 0.3) is 5.91 Å². The van der Waals surface area contributed by atoms with E-state index in [0.29, 0.717) is 12.2 Å². The molecule has 4 nitrogen and oxygen atoms in total. The molecular formula is C12H10BrN3O. The second kappa shape index (κ2) is 4.00. The maximum atomic E-state index is 11.6. The fraction of sp³-hybridized carbons (Fsp3) is 0.167. The van der Waals surface area contributed by atoms with Crippen LogP contribution < -0.4 is 5.32 Å². The molecule has 0 aliphatic carbocycles. The predicted octanol–water partition coefficient (Wildman–Crippen LogP) is 2.06. The molecule has 17 heavy (non-hydrogen) atoms. The Morgan fingerprint density at radius 1 is 1.29 bits per heavy atom. The van der Waals surface area contributed by atoms with Crippen molar-refractivity contribution >= 4 is 21.8 Å². The van der Waals surface area contributed by atoms with E-state index in [9.17, 15) is 4.79 Å². The molecule has 0 saturated carbocycles. The van der Waals surface area contributed by atoms with Gasteiger partial charge in [-0.05, 0) is 18.2 Å². The van der Waals surface area contributed by atoms with Crippen molar-refractivity contribution in [3.05, 3.63) is 40.5 Å². The number of carbonyl (C=O) groups excluding carboxylic acids is 1. The van der Waals surface area contributed by atoms with Crippen molar-refractivity contribution in [3.63, 3.8) is 0 Å². The average molecular weight is 292 g/mol. The largest absolute Gasteiger partial charge is 0.349 e. The van der Waals surface area contributed by atoms with E-state index < -0.39 is 0 Å². The second-order valence-electron chi connectivity index (χ2n) is 3.90. The van der Waals surface area contributed by atoms with Crippen molar-refractivity contribution in [2.45, 2.75) is 6.54 Å². The maximum absolute atomic E-state index is 11.6. The van der Waals surface area contributed by atoms with E-state index in [4.69, 9.17) is 0 Å². The smallest absolute Gasteiger partial charge is 0.269 e. The molecule has 1 aliphatic heterocycles. The van der Waals surface area contributed by atoms with E-state index in [-0.39, 0.29) is 5.91 Å². The average Bonchev–Trinajstić information content (AvgIpc) is 2.75. The molecule has 1 aromatic heterocycles. The molecule has 0 radical (unpaired) electrons. The highest BCUT2D eigenvalue weighted by atomic mass is 79.9. The first-order valence-electron chi connectivity index (χ1n) is 5.36. The monoisotopic (exact) mass is 291 g/mol. The summed E-state index contributed by atoms with van der Waals surface area (Å²) in [5.74, 6) is -0.0490. The first-order valence-corrected chi connectivity index (χ1v) is 6.15. The molecule has 0 spiro atoms. The molecule has 1 aromatic carbocycles. The summed E-state index contributed by atoms with van der Waals surface area (Å²) in [6, 6.07) is 9.73. The third-order valence-corrected chi connectivity index (χ3v) is 3.29.